The molecular formula is C20H32N2O2. The Bertz CT molecular complexity index is 508. The molecule has 1 N–H and O–H groups in total. The summed E-state index contributed by atoms with van der Waals surface area (Å²) in [5, 5.41) is 3.20. The van der Waals surface area contributed by atoms with E-state index >= 15 is 0 Å². The number of ether oxygens (including phenoxy) is 1. The van der Waals surface area contributed by atoms with E-state index in [-0.39, 0.29) is 17.9 Å². The molecule has 1 unspecified atom stereocenters. The molecule has 4 heteroatoms. The molecule has 4 nitrogen and oxygen atoms in total. The predicted molar refractivity (Wildman–Crippen MR) is 98.2 cm³/mol. The molecule has 1 fully saturated rings. The molecule has 134 valence electrons. The van der Waals surface area contributed by atoms with E-state index in [0.717, 1.165) is 31.7 Å². The number of hydrogen-bond acceptors (Lipinski definition) is 3. The van der Waals surface area contributed by atoms with Gasteiger partial charge in [0.05, 0.1) is 13.2 Å². The smallest absolute Gasteiger partial charge is 0.223 e. The molecule has 24 heavy (non-hydrogen) atoms. The van der Waals surface area contributed by atoms with Crippen LogP contribution >= 0.6 is 0 Å². The molecule has 2 rings (SSSR count). The Morgan fingerprint density at radius 1 is 1.21 bits per heavy atom. The second-order valence-electron chi connectivity index (χ2n) is 6.65. The quantitative estimate of drug-likeness (QED) is 0.788. The van der Waals surface area contributed by atoms with Crippen LogP contribution in [0.5, 0.6) is 5.75 Å². The van der Waals surface area contributed by atoms with Crippen molar-refractivity contribution in [2.24, 2.45) is 5.92 Å². The van der Waals surface area contributed by atoms with Gasteiger partial charge < -0.3 is 10.1 Å². The highest BCUT2D eigenvalue weighted by Crippen LogP contribution is 2.27. The molecule has 0 bridgehead atoms. The molecule has 0 aliphatic carbocycles. The van der Waals surface area contributed by atoms with E-state index in [9.17, 15) is 4.79 Å². The van der Waals surface area contributed by atoms with E-state index in [0.29, 0.717) is 6.54 Å². The number of likely N-dealkylation sites (tertiary alicyclic amines) is 1. The standard InChI is InChI=1S/C20H32N2O2/c1-4-16(5-2)20(23)21-15-19(22-12-7-6-8-13-22)17-10-9-11-18(14-17)24-3/h9-11,14,16,19H,4-8,12-13,15H2,1-3H3,(H,21,23). The molecule has 1 amide bonds. The lowest BCUT2D eigenvalue weighted by Crippen LogP contribution is -2.42. The number of methoxy groups -OCH3 is 1. The first kappa shape index (κ1) is 18.8. The summed E-state index contributed by atoms with van der Waals surface area (Å²) in [6.07, 6.45) is 5.58. The normalized spacial score (nSPS) is 16.8. The molecule has 1 aromatic carbocycles. The topological polar surface area (TPSA) is 41.6 Å². The van der Waals surface area contributed by atoms with Gasteiger partial charge in [0.2, 0.25) is 5.91 Å². The third-order valence-electron chi connectivity index (χ3n) is 5.14. The average Bonchev–Trinajstić information content (AvgIpc) is 2.64. The summed E-state index contributed by atoms with van der Waals surface area (Å²) in [5.74, 6) is 1.18. The summed E-state index contributed by atoms with van der Waals surface area (Å²) in [6.45, 7) is 7.03. The van der Waals surface area contributed by atoms with Gasteiger partial charge in [-0.1, -0.05) is 32.4 Å². The van der Waals surface area contributed by atoms with E-state index in [1.54, 1.807) is 7.11 Å². The third kappa shape index (κ3) is 4.97. The maximum absolute atomic E-state index is 12.4. The summed E-state index contributed by atoms with van der Waals surface area (Å²) in [6, 6.07) is 8.47. The van der Waals surface area contributed by atoms with Crippen LogP contribution in [0.2, 0.25) is 0 Å². The second kappa shape index (κ2) is 9.67. The highest BCUT2D eigenvalue weighted by molar-refractivity contribution is 5.78. The number of nitrogens with zero attached hydrogens (tertiary/aromatic N) is 1. The number of rotatable bonds is 8. The van der Waals surface area contributed by atoms with E-state index in [4.69, 9.17) is 4.74 Å². The van der Waals surface area contributed by atoms with Crippen molar-refractivity contribution >= 4 is 5.91 Å². The van der Waals surface area contributed by atoms with Gasteiger partial charge in [-0.25, -0.2) is 0 Å². The fourth-order valence-electron chi connectivity index (χ4n) is 3.54. The van der Waals surface area contributed by atoms with Crippen molar-refractivity contribution in [3.8, 4) is 5.75 Å². The number of hydrogen-bond donors (Lipinski definition) is 1. The Kier molecular flexibility index (Phi) is 7.57. The molecule has 1 aliphatic rings. The minimum Gasteiger partial charge on any atom is -0.497 e. The van der Waals surface area contributed by atoms with E-state index in [1.165, 1.54) is 24.8 Å². The number of carbonyl (C=O) groups excluding carboxylic acids is 1. The van der Waals surface area contributed by atoms with Crippen LogP contribution in [0.3, 0.4) is 0 Å². The van der Waals surface area contributed by atoms with Crippen molar-refractivity contribution in [3.63, 3.8) is 0 Å². The molecule has 0 spiro atoms. The first-order valence-corrected chi connectivity index (χ1v) is 9.35. The van der Waals surface area contributed by atoms with Gasteiger partial charge in [-0.15, -0.1) is 0 Å². The minimum absolute atomic E-state index is 0.123. The van der Waals surface area contributed by atoms with E-state index < -0.39 is 0 Å². The van der Waals surface area contributed by atoms with Crippen LogP contribution in [0.1, 0.15) is 57.6 Å². The van der Waals surface area contributed by atoms with Crippen LogP contribution in [-0.2, 0) is 4.79 Å². The Morgan fingerprint density at radius 2 is 1.92 bits per heavy atom. The number of amides is 1. The predicted octanol–water partition coefficient (Wildman–Crippen LogP) is 3.77. The highest BCUT2D eigenvalue weighted by Gasteiger charge is 2.24. The minimum atomic E-state index is 0.123. The summed E-state index contributed by atoms with van der Waals surface area (Å²) < 4.78 is 5.39. The van der Waals surface area contributed by atoms with Crippen molar-refractivity contribution in [3.05, 3.63) is 29.8 Å². The van der Waals surface area contributed by atoms with Gasteiger partial charge >= 0.3 is 0 Å². The van der Waals surface area contributed by atoms with Gasteiger partial charge in [-0.2, -0.15) is 0 Å². The summed E-state index contributed by atoms with van der Waals surface area (Å²) >= 11 is 0. The van der Waals surface area contributed by atoms with E-state index in [1.807, 2.05) is 12.1 Å². The lowest BCUT2D eigenvalue weighted by atomic mass is 9.99. The SMILES string of the molecule is CCC(CC)C(=O)NCC(c1cccc(OC)c1)N1CCCCC1. The van der Waals surface area contributed by atoms with Gasteiger partial charge in [0.1, 0.15) is 5.75 Å². The number of carbonyl (C=O) groups is 1. The van der Waals surface area contributed by atoms with Gasteiger partial charge in [0.15, 0.2) is 0 Å². The molecule has 0 aromatic heterocycles. The van der Waals surface area contributed by atoms with Crippen molar-refractivity contribution in [1.82, 2.24) is 10.2 Å². The van der Waals surface area contributed by atoms with Crippen LogP contribution in [-0.4, -0.2) is 37.6 Å². The van der Waals surface area contributed by atoms with Gasteiger partial charge in [0, 0.05) is 12.5 Å². The molecule has 1 aromatic rings. The summed E-state index contributed by atoms with van der Waals surface area (Å²) in [7, 11) is 1.70. The summed E-state index contributed by atoms with van der Waals surface area (Å²) in [5.41, 5.74) is 1.22. The lowest BCUT2D eigenvalue weighted by Gasteiger charge is -2.35. The highest BCUT2D eigenvalue weighted by atomic mass is 16.5. The second-order valence-corrected chi connectivity index (χ2v) is 6.65. The first-order valence-electron chi connectivity index (χ1n) is 9.35. The fourth-order valence-corrected chi connectivity index (χ4v) is 3.54. The van der Waals surface area contributed by atoms with Crippen molar-refractivity contribution in [2.45, 2.75) is 52.0 Å². The van der Waals surface area contributed by atoms with Crippen LogP contribution in [0.25, 0.3) is 0 Å². The Balaban J connectivity index is 2.11. The van der Waals surface area contributed by atoms with E-state index in [2.05, 4.69) is 36.2 Å². The first-order chi connectivity index (χ1) is 11.7. The molecule has 0 radical (unpaired) electrons. The molecule has 1 aliphatic heterocycles. The van der Waals surface area contributed by atoms with Gasteiger partial charge in [-0.3, -0.25) is 9.69 Å². The van der Waals surface area contributed by atoms with Crippen LogP contribution in [0.15, 0.2) is 24.3 Å². The van der Waals surface area contributed by atoms with Crippen molar-refractivity contribution in [1.29, 1.82) is 0 Å². The maximum Gasteiger partial charge on any atom is 0.223 e. The molecular weight excluding hydrogens is 300 g/mol. The van der Waals surface area contributed by atoms with Gasteiger partial charge in [0.25, 0.3) is 0 Å². The Labute approximate surface area is 146 Å². The zero-order valence-electron chi connectivity index (χ0n) is 15.4. The number of nitrogens with one attached hydrogen (secondary N) is 1. The van der Waals surface area contributed by atoms with Crippen LogP contribution in [0, 0.1) is 5.92 Å². The lowest BCUT2D eigenvalue weighted by molar-refractivity contribution is -0.125. The van der Waals surface area contributed by atoms with Crippen molar-refractivity contribution < 1.29 is 9.53 Å². The largest absolute Gasteiger partial charge is 0.497 e. The Morgan fingerprint density at radius 3 is 2.54 bits per heavy atom. The number of benzene rings is 1. The van der Waals surface area contributed by atoms with Crippen molar-refractivity contribution in [2.75, 3.05) is 26.7 Å². The molecule has 1 saturated heterocycles. The average molecular weight is 332 g/mol. The maximum atomic E-state index is 12.4. The molecule has 1 heterocycles. The molecule has 0 saturated carbocycles. The van der Waals surface area contributed by atoms with Crippen LogP contribution < -0.4 is 10.1 Å². The monoisotopic (exact) mass is 332 g/mol. The number of piperidine rings is 1. The molecule has 1 atom stereocenters. The Hall–Kier alpha value is -1.55. The zero-order valence-corrected chi connectivity index (χ0v) is 15.4. The fraction of sp³-hybridized carbons (Fsp3) is 0.650. The zero-order chi connectivity index (χ0) is 17.4. The third-order valence-corrected chi connectivity index (χ3v) is 5.14. The van der Waals surface area contributed by atoms with Gasteiger partial charge in [-0.05, 0) is 56.5 Å². The summed E-state index contributed by atoms with van der Waals surface area (Å²) in [4.78, 5) is 14.9. The van der Waals surface area contributed by atoms with Crippen LogP contribution in [0.4, 0.5) is 0 Å².